The van der Waals surface area contributed by atoms with Crippen molar-refractivity contribution in [2.24, 2.45) is 18.2 Å². The summed E-state index contributed by atoms with van der Waals surface area (Å²) in [6, 6.07) is 10.2. The van der Waals surface area contributed by atoms with Crippen LogP contribution in [0.4, 0.5) is 17.3 Å². The van der Waals surface area contributed by atoms with Crippen LogP contribution in [0.15, 0.2) is 36.5 Å². The van der Waals surface area contributed by atoms with Crippen LogP contribution in [0.5, 0.6) is 0 Å². The van der Waals surface area contributed by atoms with Crippen molar-refractivity contribution in [3.63, 3.8) is 0 Å². The molecule has 1 aliphatic heterocycles. The summed E-state index contributed by atoms with van der Waals surface area (Å²) in [5, 5.41) is 6.59. The third kappa shape index (κ3) is 5.37. The van der Waals surface area contributed by atoms with Crippen molar-refractivity contribution in [2.75, 3.05) is 30.9 Å². The number of amides is 2. The van der Waals surface area contributed by atoms with Gasteiger partial charge in [-0.2, -0.15) is 0 Å². The average Bonchev–Trinajstić information content (AvgIpc) is 3.64. The SMILES string of the molecule is C[C@@H]1[C@H](NC(=O)c2cc3c(n2C)CC(C)(C)C3)CCCN1c1cnc(C(N)=O)c(Nc2ccc(C3(N(C)C)CC3)cc2)n1. The molecule has 2 amide bonds. The van der Waals surface area contributed by atoms with Gasteiger partial charge in [-0.25, -0.2) is 9.97 Å². The van der Waals surface area contributed by atoms with Crippen LogP contribution in [0.25, 0.3) is 0 Å². The van der Waals surface area contributed by atoms with Crippen LogP contribution in [-0.4, -0.2) is 64.0 Å². The zero-order valence-electron chi connectivity index (χ0n) is 26.2. The third-order valence-corrected chi connectivity index (χ3v) is 9.85. The minimum atomic E-state index is -0.641. The number of piperidine rings is 1. The monoisotopic (exact) mass is 584 g/mol. The summed E-state index contributed by atoms with van der Waals surface area (Å²) in [7, 11) is 6.23. The first-order chi connectivity index (χ1) is 20.4. The normalized spacial score (nSPS) is 21.9. The lowest BCUT2D eigenvalue weighted by Gasteiger charge is -2.40. The summed E-state index contributed by atoms with van der Waals surface area (Å²) >= 11 is 0. The van der Waals surface area contributed by atoms with E-state index in [1.807, 2.05) is 19.2 Å². The van der Waals surface area contributed by atoms with E-state index in [0.29, 0.717) is 17.3 Å². The number of primary amides is 1. The van der Waals surface area contributed by atoms with Crippen molar-refractivity contribution in [3.05, 3.63) is 64.7 Å². The van der Waals surface area contributed by atoms with Crippen molar-refractivity contribution in [3.8, 4) is 0 Å². The van der Waals surface area contributed by atoms with Gasteiger partial charge in [0.15, 0.2) is 11.5 Å². The number of hydrogen-bond acceptors (Lipinski definition) is 7. The number of nitrogens with two attached hydrogens (primary N) is 1. The second-order valence-electron chi connectivity index (χ2n) is 13.7. The van der Waals surface area contributed by atoms with Gasteiger partial charge in [0.05, 0.1) is 6.20 Å². The molecule has 2 aliphatic carbocycles. The van der Waals surface area contributed by atoms with Crippen molar-refractivity contribution < 1.29 is 9.59 Å². The zero-order chi connectivity index (χ0) is 30.7. The summed E-state index contributed by atoms with van der Waals surface area (Å²) in [4.78, 5) is 39.4. The predicted octanol–water partition coefficient (Wildman–Crippen LogP) is 4.12. The Kier molecular flexibility index (Phi) is 7.23. The number of carbonyl (C=O) groups excluding carboxylic acids is 2. The Morgan fingerprint density at radius 3 is 2.47 bits per heavy atom. The average molecular weight is 585 g/mol. The van der Waals surface area contributed by atoms with Crippen LogP contribution in [0.3, 0.4) is 0 Å². The Bertz CT molecular complexity index is 1550. The smallest absolute Gasteiger partial charge is 0.271 e. The number of anilines is 3. The molecule has 1 saturated carbocycles. The number of carbonyl (C=O) groups is 2. The van der Waals surface area contributed by atoms with Gasteiger partial charge in [-0.1, -0.05) is 26.0 Å². The molecule has 2 aromatic heterocycles. The van der Waals surface area contributed by atoms with Crippen molar-refractivity contribution in [1.82, 2.24) is 24.8 Å². The maximum atomic E-state index is 13.5. The van der Waals surface area contributed by atoms with Crippen LogP contribution in [0.2, 0.25) is 0 Å². The first kappa shape index (κ1) is 29.2. The molecular formula is C33H44N8O2. The van der Waals surface area contributed by atoms with Crippen molar-refractivity contribution in [1.29, 1.82) is 0 Å². The molecule has 3 aliphatic rings. The number of aromatic nitrogens is 3. The van der Waals surface area contributed by atoms with Gasteiger partial charge in [0.1, 0.15) is 11.5 Å². The lowest BCUT2D eigenvalue weighted by atomic mass is 9.90. The summed E-state index contributed by atoms with van der Waals surface area (Å²) < 4.78 is 2.06. The number of nitrogens with zero attached hydrogens (tertiary/aromatic N) is 5. The fourth-order valence-electron chi connectivity index (χ4n) is 7.14. The topological polar surface area (TPSA) is 121 Å². The van der Waals surface area contributed by atoms with Crippen LogP contribution in [0, 0.1) is 5.41 Å². The number of benzene rings is 1. The lowest BCUT2D eigenvalue weighted by molar-refractivity contribution is 0.0914. The molecule has 10 heteroatoms. The number of fused-ring (bicyclic) bond motifs is 1. The second-order valence-corrected chi connectivity index (χ2v) is 13.7. The Labute approximate surface area is 254 Å². The Morgan fingerprint density at radius 2 is 1.84 bits per heavy atom. The summed E-state index contributed by atoms with van der Waals surface area (Å²) in [5.41, 5.74) is 11.5. The molecule has 2 atom stereocenters. The van der Waals surface area contributed by atoms with E-state index in [9.17, 15) is 9.59 Å². The van der Waals surface area contributed by atoms with Crippen molar-refractivity contribution >= 4 is 29.1 Å². The standard InChI is InChI=1S/C33H44N8O2/c1-20-24(37-31(43)25-16-21-17-32(2,3)18-26(21)40(25)6)8-7-15-41(20)27-19-35-28(29(34)42)30(38-27)36-23-11-9-22(10-12-23)33(13-14-33)39(4)5/h9-12,16,19-20,24H,7-8,13-15,17-18H2,1-6H3,(H2,34,42)(H,36,38)(H,37,43)/t20-,24-/m1/s1. The van der Waals surface area contributed by atoms with Gasteiger partial charge in [-0.3, -0.25) is 14.5 Å². The van der Waals surface area contributed by atoms with E-state index in [1.165, 1.54) is 16.8 Å². The molecule has 3 heterocycles. The van der Waals surface area contributed by atoms with Crippen LogP contribution in [0.1, 0.15) is 84.3 Å². The lowest BCUT2D eigenvalue weighted by Crippen LogP contribution is -2.54. The van der Waals surface area contributed by atoms with E-state index < -0.39 is 5.91 Å². The van der Waals surface area contributed by atoms with Gasteiger partial charge in [0, 0.05) is 42.6 Å². The fraction of sp³-hybridized carbons (Fsp3) is 0.515. The minimum Gasteiger partial charge on any atom is -0.364 e. The molecular weight excluding hydrogens is 540 g/mol. The van der Waals surface area contributed by atoms with Crippen LogP contribution >= 0.6 is 0 Å². The highest BCUT2D eigenvalue weighted by atomic mass is 16.2. The second kappa shape index (κ2) is 10.7. The molecule has 3 aromatic rings. The fourth-order valence-corrected chi connectivity index (χ4v) is 7.14. The van der Waals surface area contributed by atoms with Gasteiger partial charge < -0.3 is 25.8 Å². The van der Waals surface area contributed by atoms with Gasteiger partial charge in [0.25, 0.3) is 11.8 Å². The third-order valence-electron chi connectivity index (χ3n) is 9.85. The molecule has 10 nitrogen and oxygen atoms in total. The molecule has 43 heavy (non-hydrogen) atoms. The molecule has 2 fully saturated rings. The first-order valence-electron chi connectivity index (χ1n) is 15.4. The van der Waals surface area contributed by atoms with Crippen LogP contribution < -0.4 is 21.3 Å². The summed E-state index contributed by atoms with van der Waals surface area (Å²) in [5.74, 6) is 0.278. The first-order valence-corrected chi connectivity index (χ1v) is 15.4. The van der Waals surface area contributed by atoms with E-state index in [2.05, 4.69) is 83.1 Å². The molecule has 6 rings (SSSR count). The number of rotatable bonds is 8. The van der Waals surface area contributed by atoms with E-state index in [4.69, 9.17) is 10.7 Å². The number of nitrogens with one attached hydrogen (secondary N) is 2. The molecule has 228 valence electrons. The Hall–Kier alpha value is -3.92. The molecule has 0 unspecified atom stereocenters. The Balaban J connectivity index is 1.19. The maximum Gasteiger partial charge on any atom is 0.271 e. The van der Waals surface area contributed by atoms with E-state index in [0.717, 1.165) is 50.8 Å². The zero-order valence-corrected chi connectivity index (χ0v) is 26.2. The van der Waals surface area contributed by atoms with E-state index in [1.54, 1.807) is 6.20 Å². The highest BCUT2D eigenvalue weighted by Crippen LogP contribution is 2.49. The van der Waals surface area contributed by atoms with Gasteiger partial charge in [-0.15, -0.1) is 0 Å². The van der Waals surface area contributed by atoms with E-state index in [-0.39, 0.29) is 34.6 Å². The highest BCUT2D eigenvalue weighted by Gasteiger charge is 2.46. The van der Waals surface area contributed by atoms with Gasteiger partial charge in [0.2, 0.25) is 0 Å². The highest BCUT2D eigenvalue weighted by molar-refractivity contribution is 5.96. The van der Waals surface area contributed by atoms with Gasteiger partial charge in [-0.05, 0) is 94.3 Å². The van der Waals surface area contributed by atoms with E-state index >= 15 is 0 Å². The Morgan fingerprint density at radius 1 is 1.12 bits per heavy atom. The minimum absolute atomic E-state index is 0.0228. The summed E-state index contributed by atoms with van der Waals surface area (Å²) in [6.07, 6.45) is 7.64. The number of hydrogen-bond donors (Lipinski definition) is 3. The molecule has 4 N–H and O–H groups in total. The molecule has 1 saturated heterocycles. The predicted molar refractivity (Wildman–Crippen MR) is 169 cm³/mol. The maximum absolute atomic E-state index is 13.5. The quantitative estimate of drug-likeness (QED) is 0.364. The summed E-state index contributed by atoms with van der Waals surface area (Å²) in [6.45, 7) is 7.42. The van der Waals surface area contributed by atoms with Crippen LogP contribution in [-0.2, 0) is 25.4 Å². The largest absolute Gasteiger partial charge is 0.364 e. The molecule has 0 spiro atoms. The van der Waals surface area contributed by atoms with Gasteiger partial charge >= 0.3 is 0 Å². The molecule has 1 aromatic carbocycles. The van der Waals surface area contributed by atoms with Crippen molar-refractivity contribution in [2.45, 2.75) is 76.9 Å². The molecule has 0 bridgehead atoms. The molecule has 0 radical (unpaired) electrons.